The largest absolute Gasteiger partial charge is 0.509 e. The lowest BCUT2D eigenvalue weighted by Gasteiger charge is -2.27. The zero-order valence-corrected chi connectivity index (χ0v) is 27.0. The number of carbonyl (C=O) groups is 3. The zero-order chi connectivity index (χ0) is 33.5. The third-order valence-electron chi connectivity index (χ3n) is 8.23. The fourth-order valence-electron chi connectivity index (χ4n) is 5.41. The Balaban J connectivity index is 1.45. The van der Waals surface area contributed by atoms with Crippen molar-refractivity contribution in [3.8, 4) is 22.3 Å². The molecule has 0 aliphatic rings. The summed E-state index contributed by atoms with van der Waals surface area (Å²) in [6.07, 6.45) is -3.55. The summed E-state index contributed by atoms with van der Waals surface area (Å²) in [7, 11) is 0. The van der Waals surface area contributed by atoms with E-state index in [1.807, 2.05) is 36.4 Å². The Hall–Kier alpha value is -4.65. The predicted octanol–water partition coefficient (Wildman–Crippen LogP) is 9.55. The van der Waals surface area contributed by atoms with Crippen LogP contribution in [0, 0.1) is 23.5 Å². The number of Topliss-reactive ketones (excluding diaryl/α,β-unsaturated/α-hetero) is 2. The number of benzene rings is 4. The molecule has 0 fully saturated rings. The first-order valence-corrected chi connectivity index (χ1v) is 15.5. The molecule has 0 aliphatic heterocycles. The number of hydrogen-bond acceptors (Lipinski definition) is 5. The van der Waals surface area contributed by atoms with Crippen LogP contribution < -0.4 is 0 Å². The first-order valence-electron chi connectivity index (χ1n) is 15.5. The molecule has 0 unspecified atom stereocenters. The van der Waals surface area contributed by atoms with Crippen molar-refractivity contribution in [1.29, 1.82) is 0 Å². The molecule has 240 valence electrons. The molecule has 0 amide bonds. The highest BCUT2D eigenvalue weighted by molar-refractivity contribution is 5.92. The highest BCUT2D eigenvalue weighted by Gasteiger charge is 2.36. The average Bonchev–Trinajstić information content (AvgIpc) is 3.05. The van der Waals surface area contributed by atoms with Crippen molar-refractivity contribution in [2.75, 3.05) is 0 Å². The van der Waals surface area contributed by atoms with Gasteiger partial charge in [0.15, 0.2) is 23.8 Å². The first-order chi connectivity index (χ1) is 21.9. The topological polar surface area (TPSA) is 69.7 Å². The van der Waals surface area contributed by atoms with Crippen molar-refractivity contribution in [2.24, 2.45) is 11.8 Å². The summed E-state index contributed by atoms with van der Waals surface area (Å²) in [6.45, 7) is 10.2. The Morgan fingerprint density at radius 2 is 0.870 bits per heavy atom. The molecule has 0 radical (unpaired) electrons. The minimum Gasteiger partial charge on any atom is -0.423 e. The second-order valence-electron chi connectivity index (χ2n) is 12.3. The van der Waals surface area contributed by atoms with Gasteiger partial charge in [0.25, 0.3) is 0 Å². The Labute approximate surface area is 269 Å². The van der Waals surface area contributed by atoms with Crippen LogP contribution in [0.15, 0.2) is 97.1 Å². The number of halogens is 2. The lowest BCUT2D eigenvalue weighted by atomic mass is 9.88. The molecule has 46 heavy (non-hydrogen) atoms. The first kappa shape index (κ1) is 34.2. The second-order valence-corrected chi connectivity index (χ2v) is 12.3. The molecule has 0 aliphatic carbocycles. The standard InChI is InChI=1S/C39H40F2O5/c1-23(2)37(35(42)25(5)29-17-19-31(33(40)21-29)27-13-9-7-10-14-27)45-39(44)46-38(24(3)4)36(43)26(6)30-18-20-32(34(41)22-30)28-15-11-8-12-16-28/h7-26,37-38H,1-6H3/t25-,26-,37-,38-/m0/s1. The Morgan fingerprint density at radius 3 is 1.17 bits per heavy atom. The molecule has 0 N–H and O–H groups in total. The summed E-state index contributed by atoms with van der Waals surface area (Å²) >= 11 is 0. The van der Waals surface area contributed by atoms with Crippen LogP contribution in [0.3, 0.4) is 0 Å². The number of carbonyl (C=O) groups excluding carboxylic acids is 3. The summed E-state index contributed by atoms with van der Waals surface area (Å²) < 4.78 is 41.2. The quantitative estimate of drug-likeness (QED) is 0.147. The van der Waals surface area contributed by atoms with Crippen LogP contribution >= 0.6 is 0 Å². The SMILES string of the molecule is CC(C)[C@H](OC(=O)O[C@H](C(=O)[C@@H](C)c1ccc(-c2ccccc2)c(F)c1)C(C)C)C(=O)[C@@H](C)c1ccc(-c2ccccc2)c(F)c1. The molecule has 4 rings (SSSR count). The minimum atomic E-state index is -1.20. The van der Waals surface area contributed by atoms with Gasteiger partial charge in [0, 0.05) is 23.0 Å². The molecule has 5 nitrogen and oxygen atoms in total. The van der Waals surface area contributed by atoms with Crippen molar-refractivity contribution < 1.29 is 32.6 Å². The Bertz CT molecular complexity index is 1540. The van der Waals surface area contributed by atoms with Crippen molar-refractivity contribution in [3.05, 3.63) is 120 Å². The summed E-state index contributed by atoms with van der Waals surface area (Å²) in [4.78, 5) is 40.1. The molecule has 0 saturated heterocycles. The highest BCUT2D eigenvalue weighted by atomic mass is 19.1. The van der Waals surface area contributed by atoms with Gasteiger partial charge in [-0.15, -0.1) is 0 Å². The van der Waals surface area contributed by atoms with Crippen molar-refractivity contribution in [3.63, 3.8) is 0 Å². The fraction of sp³-hybridized carbons (Fsp3) is 0.308. The van der Waals surface area contributed by atoms with E-state index in [1.165, 1.54) is 12.1 Å². The van der Waals surface area contributed by atoms with Crippen molar-refractivity contribution in [1.82, 2.24) is 0 Å². The summed E-state index contributed by atoms with van der Waals surface area (Å²) in [5, 5.41) is 0. The zero-order valence-electron chi connectivity index (χ0n) is 27.0. The number of rotatable bonds is 12. The molecule has 4 aromatic carbocycles. The highest BCUT2D eigenvalue weighted by Crippen LogP contribution is 2.30. The van der Waals surface area contributed by atoms with E-state index in [4.69, 9.17) is 9.47 Å². The molecule has 0 aromatic heterocycles. The van der Waals surface area contributed by atoms with Crippen LogP contribution in [0.2, 0.25) is 0 Å². The predicted molar refractivity (Wildman–Crippen MR) is 175 cm³/mol. The monoisotopic (exact) mass is 626 g/mol. The van der Waals surface area contributed by atoms with E-state index in [0.29, 0.717) is 22.3 Å². The van der Waals surface area contributed by atoms with Gasteiger partial charge in [0.2, 0.25) is 0 Å². The fourth-order valence-corrected chi connectivity index (χ4v) is 5.41. The lowest BCUT2D eigenvalue weighted by molar-refractivity contribution is -0.137. The van der Waals surface area contributed by atoms with E-state index in [9.17, 15) is 14.4 Å². The molecule has 0 spiro atoms. The second kappa shape index (κ2) is 15.1. The molecule has 7 heteroatoms. The molecule has 0 saturated carbocycles. The van der Waals surface area contributed by atoms with Crippen molar-refractivity contribution in [2.45, 2.75) is 65.6 Å². The van der Waals surface area contributed by atoms with Gasteiger partial charge in [-0.25, -0.2) is 13.6 Å². The third kappa shape index (κ3) is 7.94. The molecule has 0 bridgehead atoms. The maximum Gasteiger partial charge on any atom is 0.509 e. The van der Waals surface area contributed by atoms with Crippen LogP contribution in [0.1, 0.15) is 64.5 Å². The average molecular weight is 627 g/mol. The van der Waals surface area contributed by atoms with Gasteiger partial charge < -0.3 is 9.47 Å². The van der Waals surface area contributed by atoms with Gasteiger partial charge in [-0.05, 0) is 46.2 Å². The lowest BCUT2D eigenvalue weighted by Crippen LogP contribution is -2.39. The van der Waals surface area contributed by atoms with Crippen LogP contribution in [0.4, 0.5) is 13.6 Å². The Kier molecular flexibility index (Phi) is 11.2. The molecule has 4 atom stereocenters. The van der Waals surface area contributed by atoms with Crippen LogP contribution in [-0.2, 0) is 19.1 Å². The number of ketones is 2. The molecule has 4 aromatic rings. The summed E-state index contributed by atoms with van der Waals surface area (Å²) in [6, 6.07) is 27.5. The summed E-state index contributed by atoms with van der Waals surface area (Å²) in [5.41, 5.74) is 3.15. The third-order valence-corrected chi connectivity index (χ3v) is 8.23. The van der Waals surface area contributed by atoms with Crippen LogP contribution in [0.5, 0.6) is 0 Å². The van der Waals surface area contributed by atoms with E-state index in [2.05, 4.69) is 0 Å². The Morgan fingerprint density at radius 1 is 0.522 bits per heavy atom. The summed E-state index contributed by atoms with van der Waals surface area (Å²) in [5.74, 6) is -4.18. The minimum absolute atomic E-state index is 0.415. The van der Waals surface area contributed by atoms with Gasteiger partial charge in [0.05, 0.1) is 0 Å². The normalized spacial score (nSPS) is 14.0. The van der Waals surface area contributed by atoms with E-state index in [-0.39, 0.29) is 0 Å². The number of ether oxygens (including phenoxy) is 2. The maximum atomic E-state index is 15.1. The molecular formula is C39H40F2O5. The maximum absolute atomic E-state index is 15.1. The number of hydrogen-bond donors (Lipinski definition) is 0. The van der Waals surface area contributed by atoms with Gasteiger partial charge in [-0.3, -0.25) is 9.59 Å². The molecule has 0 heterocycles. The van der Waals surface area contributed by atoms with Gasteiger partial charge in [-0.2, -0.15) is 0 Å². The van der Waals surface area contributed by atoms with E-state index in [0.717, 1.165) is 11.1 Å². The van der Waals surface area contributed by atoms with E-state index < -0.39 is 65.2 Å². The van der Waals surface area contributed by atoms with E-state index in [1.54, 1.807) is 90.1 Å². The smallest absolute Gasteiger partial charge is 0.423 e. The molecular weight excluding hydrogens is 586 g/mol. The van der Waals surface area contributed by atoms with Gasteiger partial charge >= 0.3 is 6.16 Å². The van der Waals surface area contributed by atoms with Crippen LogP contribution in [0.25, 0.3) is 22.3 Å². The van der Waals surface area contributed by atoms with Crippen LogP contribution in [-0.4, -0.2) is 29.9 Å². The van der Waals surface area contributed by atoms with Gasteiger partial charge in [0.1, 0.15) is 11.6 Å². The van der Waals surface area contributed by atoms with E-state index >= 15 is 8.78 Å². The van der Waals surface area contributed by atoms with Gasteiger partial charge in [-0.1, -0.05) is 126 Å². The van der Waals surface area contributed by atoms with Crippen molar-refractivity contribution >= 4 is 17.7 Å².